The minimum Gasteiger partial charge on any atom is -0.490 e. The topological polar surface area (TPSA) is 24.5 Å². The van der Waals surface area contributed by atoms with E-state index in [2.05, 4.69) is 30.1 Å². The molecule has 1 aromatic carbocycles. The Labute approximate surface area is 141 Å². The summed E-state index contributed by atoms with van der Waals surface area (Å²) in [5.74, 6) is 1.14. The minimum atomic E-state index is 0. The van der Waals surface area contributed by atoms with Crippen LogP contribution in [0.15, 0.2) is 6.07 Å². The lowest BCUT2D eigenvalue weighted by Gasteiger charge is -2.36. The second-order valence-corrected chi connectivity index (χ2v) is 7.36. The van der Waals surface area contributed by atoms with Gasteiger partial charge < -0.3 is 15.0 Å². The van der Waals surface area contributed by atoms with Gasteiger partial charge in [-0.05, 0) is 80.3 Å². The molecule has 0 amide bonds. The molecule has 4 rings (SSSR count). The molecule has 1 N–H and O–H groups in total. The molecule has 0 saturated heterocycles. The van der Waals surface area contributed by atoms with Gasteiger partial charge in [0.2, 0.25) is 0 Å². The van der Waals surface area contributed by atoms with Crippen molar-refractivity contribution in [2.75, 3.05) is 37.7 Å². The van der Waals surface area contributed by atoms with Crippen molar-refractivity contribution < 1.29 is 4.74 Å². The summed E-state index contributed by atoms with van der Waals surface area (Å²) in [6.45, 7) is 9.97. The third kappa shape index (κ3) is 2.96. The number of hydrogen-bond acceptors (Lipinski definition) is 3. The molecule has 3 heteroatoms. The standard InChI is InChI=1S/C19H28N2O.CH4/c1-3-19(6-7-19)13-21-10-11-22-17-12-15-4-8-20-9-5-16(15)14(2)18(17)21;/h12,20H,3-11,13H2,1-2H3;1H4. The fourth-order valence-electron chi connectivity index (χ4n) is 4.26. The molecule has 3 aliphatic rings. The Morgan fingerprint density at radius 2 is 2.04 bits per heavy atom. The van der Waals surface area contributed by atoms with Gasteiger partial charge in [0.25, 0.3) is 0 Å². The van der Waals surface area contributed by atoms with Crippen molar-refractivity contribution in [3.63, 3.8) is 0 Å². The smallest absolute Gasteiger partial charge is 0.143 e. The lowest BCUT2D eigenvalue weighted by molar-refractivity contribution is 0.299. The van der Waals surface area contributed by atoms with Crippen molar-refractivity contribution in [3.05, 3.63) is 22.8 Å². The monoisotopic (exact) mass is 316 g/mol. The molecule has 2 heterocycles. The molecular formula is C20H32N2O. The first-order valence-electron chi connectivity index (χ1n) is 8.96. The van der Waals surface area contributed by atoms with Crippen molar-refractivity contribution >= 4 is 5.69 Å². The Bertz CT molecular complexity index is 577. The van der Waals surface area contributed by atoms with Crippen LogP contribution in [-0.2, 0) is 12.8 Å². The quantitative estimate of drug-likeness (QED) is 0.920. The zero-order valence-corrected chi connectivity index (χ0v) is 14.0. The fourth-order valence-corrected chi connectivity index (χ4v) is 4.26. The van der Waals surface area contributed by atoms with Gasteiger partial charge in [0.15, 0.2) is 0 Å². The summed E-state index contributed by atoms with van der Waals surface area (Å²) < 4.78 is 6.05. The summed E-state index contributed by atoms with van der Waals surface area (Å²) in [7, 11) is 0. The van der Waals surface area contributed by atoms with E-state index in [-0.39, 0.29) is 7.43 Å². The fraction of sp³-hybridized carbons (Fsp3) is 0.700. The lowest BCUT2D eigenvalue weighted by Crippen LogP contribution is -2.38. The van der Waals surface area contributed by atoms with E-state index in [1.54, 1.807) is 5.56 Å². The second kappa shape index (κ2) is 6.35. The van der Waals surface area contributed by atoms with Crippen molar-refractivity contribution in [2.45, 2.75) is 53.4 Å². The number of hydrogen-bond donors (Lipinski definition) is 1. The Morgan fingerprint density at radius 1 is 1.26 bits per heavy atom. The van der Waals surface area contributed by atoms with Crippen LogP contribution in [0.4, 0.5) is 5.69 Å². The molecule has 23 heavy (non-hydrogen) atoms. The number of nitrogens with one attached hydrogen (secondary N) is 1. The van der Waals surface area contributed by atoms with E-state index in [0.717, 1.165) is 44.8 Å². The van der Waals surface area contributed by atoms with Crippen LogP contribution in [0.2, 0.25) is 0 Å². The predicted octanol–water partition coefficient (Wildman–Crippen LogP) is 3.71. The van der Waals surface area contributed by atoms with E-state index in [1.807, 2.05) is 0 Å². The van der Waals surface area contributed by atoms with Crippen LogP contribution in [0.25, 0.3) is 0 Å². The average Bonchev–Trinajstić information content (AvgIpc) is 3.31. The van der Waals surface area contributed by atoms with Gasteiger partial charge in [-0.25, -0.2) is 0 Å². The molecule has 0 bridgehead atoms. The lowest BCUT2D eigenvalue weighted by atomic mass is 9.93. The Balaban J connectivity index is 0.00000156. The largest absolute Gasteiger partial charge is 0.490 e. The number of rotatable bonds is 3. The first-order valence-corrected chi connectivity index (χ1v) is 8.96. The first-order chi connectivity index (χ1) is 10.7. The highest BCUT2D eigenvalue weighted by Gasteiger charge is 2.43. The van der Waals surface area contributed by atoms with Gasteiger partial charge in [-0.15, -0.1) is 0 Å². The highest BCUT2D eigenvalue weighted by Crippen LogP contribution is 2.51. The average molecular weight is 316 g/mol. The normalized spacial score (nSPS) is 21.4. The number of anilines is 1. The van der Waals surface area contributed by atoms with Crippen molar-refractivity contribution in [2.24, 2.45) is 5.41 Å². The molecule has 128 valence electrons. The van der Waals surface area contributed by atoms with E-state index >= 15 is 0 Å². The van der Waals surface area contributed by atoms with E-state index in [1.165, 1.54) is 42.6 Å². The van der Waals surface area contributed by atoms with Gasteiger partial charge in [-0.2, -0.15) is 0 Å². The molecule has 0 atom stereocenters. The van der Waals surface area contributed by atoms with Crippen LogP contribution in [0, 0.1) is 12.3 Å². The minimum absolute atomic E-state index is 0. The summed E-state index contributed by atoms with van der Waals surface area (Å²) in [6.07, 6.45) is 6.41. The second-order valence-electron chi connectivity index (χ2n) is 7.36. The molecule has 3 nitrogen and oxygen atoms in total. The van der Waals surface area contributed by atoms with E-state index in [4.69, 9.17) is 4.74 Å². The summed E-state index contributed by atoms with van der Waals surface area (Å²) in [4.78, 5) is 2.63. The molecule has 1 aromatic rings. The van der Waals surface area contributed by atoms with Gasteiger partial charge in [-0.3, -0.25) is 0 Å². The SMILES string of the molecule is C.CCC1(CN2CCOc3cc4c(c(C)c32)CCNCC4)CC1. The van der Waals surface area contributed by atoms with Crippen LogP contribution in [-0.4, -0.2) is 32.8 Å². The van der Waals surface area contributed by atoms with Crippen LogP contribution in [0.5, 0.6) is 5.75 Å². The van der Waals surface area contributed by atoms with E-state index in [0.29, 0.717) is 5.41 Å². The summed E-state index contributed by atoms with van der Waals surface area (Å²) in [5.41, 5.74) is 6.53. The molecule has 0 aromatic heterocycles. The van der Waals surface area contributed by atoms with Gasteiger partial charge in [0, 0.05) is 6.54 Å². The number of nitrogens with zero attached hydrogens (tertiary/aromatic N) is 1. The molecule has 1 saturated carbocycles. The third-order valence-electron chi connectivity index (χ3n) is 6.03. The maximum atomic E-state index is 6.05. The van der Waals surface area contributed by atoms with E-state index < -0.39 is 0 Å². The van der Waals surface area contributed by atoms with Crippen LogP contribution < -0.4 is 15.0 Å². The number of fused-ring (bicyclic) bond motifs is 2. The molecule has 0 spiro atoms. The summed E-state index contributed by atoms with van der Waals surface area (Å²) in [5, 5.41) is 3.53. The molecule has 1 aliphatic carbocycles. The summed E-state index contributed by atoms with van der Waals surface area (Å²) in [6, 6.07) is 2.34. The van der Waals surface area contributed by atoms with Crippen LogP contribution in [0.1, 0.15) is 50.3 Å². The van der Waals surface area contributed by atoms with Gasteiger partial charge in [-0.1, -0.05) is 14.4 Å². The zero-order valence-electron chi connectivity index (χ0n) is 14.0. The molecule has 1 fully saturated rings. The first kappa shape index (κ1) is 16.6. The Kier molecular flexibility index (Phi) is 4.59. The predicted molar refractivity (Wildman–Crippen MR) is 97.9 cm³/mol. The maximum Gasteiger partial charge on any atom is 0.143 e. The molecule has 0 radical (unpaired) electrons. The third-order valence-corrected chi connectivity index (χ3v) is 6.03. The molecule has 0 unspecified atom stereocenters. The van der Waals surface area contributed by atoms with Gasteiger partial charge in [0.05, 0.1) is 12.2 Å². The molecular weight excluding hydrogens is 284 g/mol. The highest BCUT2D eigenvalue weighted by atomic mass is 16.5. The Morgan fingerprint density at radius 3 is 2.78 bits per heavy atom. The number of ether oxygens (including phenoxy) is 1. The highest BCUT2D eigenvalue weighted by molar-refractivity contribution is 5.69. The van der Waals surface area contributed by atoms with Crippen molar-refractivity contribution in [1.82, 2.24) is 5.32 Å². The molecule has 2 aliphatic heterocycles. The van der Waals surface area contributed by atoms with Crippen LogP contribution in [0.3, 0.4) is 0 Å². The maximum absolute atomic E-state index is 6.05. The van der Waals surface area contributed by atoms with Gasteiger partial charge >= 0.3 is 0 Å². The van der Waals surface area contributed by atoms with Gasteiger partial charge in [0.1, 0.15) is 12.4 Å². The number of benzene rings is 1. The van der Waals surface area contributed by atoms with Crippen LogP contribution >= 0.6 is 0 Å². The van der Waals surface area contributed by atoms with Crippen molar-refractivity contribution in [3.8, 4) is 5.75 Å². The zero-order chi connectivity index (χ0) is 15.2. The summed E-state index contributed by atoms with van der Waals surface area (Å²) >= 11 is 0. The van der Waals surface area contributed by atoms with E-state index in [9.17, 15) is 0 Å². The Hall–Kier alpha value is -1.22. The van der Waals surface area contributed by atoms with Crippen molar-refractivity contribution in [1.29, 1.82) is 0 Å².